The number of aliphatic hydroxyl groups excluding tert-OH is 6. The van der Waals surface area contributed by atoms with Crippen LogP contribution in [0.5, 0.6) is 0 Å². The SMILES string of the molecule is CC(C)(C)[Si](C)(C)Cl.C[C@@H](O)[C@@H](N)C(=O)O.C[C@@H](O)[C@@H](N)C(=O)O.C[C@@H](O)[C@@H](NC(=O)OC(C)(C)C)C(=O)O.C[C@@H](O)[C@H](CO)NC(=O)OC(C)(C)C.C[C@@H](O)[C@H](CO[Si](C)(C)C(C)(C)C)NC(=O)OC(C)(C)C. The molecule has 0 spiro atoms. The fourth-order valence-corrected chi connectivity index (χ4v) is 4.32. The van der Waals surface area contributed by atoms with Gasteiger partial charge in [-0.05, 0) is 120 Å². The second-order valence-corrected chi connectivity index (χ2v) is 35.5. The molecule has 0 aromatic rings. The number of carboxylic acid groups (broad SMARTS) is 3. The molecule has 0 aliphatic carbocycles. The predicted octanol–water partition coefficient (Wildman–Crippen LogP) is 4.67. The fraction of sp³-hybridized carbons (Fsp3) is 0.872. The summed E-state index contributed by atoms with van der Waals surface area (Å²) in [4.78, 5) is 64.5. The summed E-state index contributed by atoms with van der Waals surface area (Å²) in [7, 11) is -3.30. The molecule has 0 saturated carbocycles. The molecule has 24 nitrogen and oxygen atoms in total. The lowest BCUT2D eigenvalue weighted by molar-refractivity contribution is -0.142. The lowest BCUT2D eigenvalue weighted by atomic mass is 10.2. The number of rotatable bonds is 15. The monoisotopic (exact) mass is 1130 g/mol. The largest absolute Gasteiger partial charge is 0.480 e. The van der Waals surface area contributed by atoms with E-state index in [9.17, 15) is 33.9 Å². The van der Waals surface area contributed by atoms with Crippen LogP contribution in [0.2, 0.25) is 36.3 Å². The first-order chi connectivity index (χ1) is 32.4. The number of ether oxygens (including phenoxy) is 3. The smallest absolute Gasteiger partial charge is 0.408 e. The van der Waals surface area contributed by atoms with Crippen molar-refractivity contribution in [1.82, 2.24) is 16.0 Å². The molecule has 27 heteroatoms. The third-order valence-corrected chi connectivity index (χ3v) is 19.8. The van der Waals surface area contributed by atoms with Gasteiger partial charge in [0, 0.05) is 0 Å². The van der Waals surface area contributed by atoms with Gasteiger partial charge in [0.25, 0.3) is 0 Å². The first-order valence-electron chi connectivity index (χ1n) is 23.9. The van der Waals surface area contributed by atoms with Crippen molar-refractivity contribution in [3.63, 3.8) is 0 Å². The Bertz CT molecular complexity index is 1580. The highest BCUT2D eigenvalue weighted by Crippen LogP contribution is 2.38. The van der Waals surface area contributed by atoms with Crippen LogP contribution in [0.25, 0.3) is 0 Å². The van der Waals surface area contributed by atoms with Crippen LogP contribution >= 0.6 is 11.1 Å². The number of nitrogens with two attached hydrogens (primary N) is 2. The molecule has 444 valence electrons. The topological polar surface area (TPSA) is 410 Å². The number of aliphatic carboxylic acids is 3. The average Bonchev–Trinajstić information content (AvgIpc) is 3.14. The number of nitrogens with one attached hydrogen (secondary N) is 3. The first-order valence-corrected chi connectivity index (χ1v) is 30.8. The molecule has 0 unspecified atom stereocenters. The molecule has 0 bridgehead atoms. The van der Waals surface area contributed by atoms with Crippen LogP contribution in [0.3, 0.4) is 0 Å². The molecule has 0 radical (unpaired) electrons. The van der Waals surface area contributed by atoms with Gasteiger partial charge in [0.05, 0.1) is 55.8 Å². The Hall–Kier alpha value is -3.42. The van der Waals surface area contributed by atoms with E-state index in [0.717, 1.165) is 0 Å². The van der Waals surface area contributed by atoms with Crippen molar-refractivity contribution in [2.75, 3.05) is 13.2 Å². The van der Waals surface area contributed by atoms with Crippen molar-refractivity contribution < 1.29 is 93.4 Å². The molecule has 0 fully saturated rings. The summed E-state index contributed by atoms with van der Waals surface area (Å²) in [5.74, 6) is -3.67. The Morgan fingerprint density at radius 3 is 0.919 bits per heavy atom. The summed E-state index contributed by atoms with van der Waals surface area (Å²) in [5, 5.41) is 86.1. The second kappa shape index (κ2) is 35.8. The summed E-state index contributed by atoms with van der Waals surface area (Å²) >= 11 is 6.15. The third kappa shape index (κ3) is 47.1. The Balaban J connectivity index is -0.000000195. The van der Waals surface area contributed by atoms with Gasteiger partial charge in [-0.2, -0.15) is 11.1 Å². The van der Waals surface area contributed by atoms with E-state index in [0.29, 0.717) is 5.04 Å². The van der Waals surface area contributed by atoms with Crippen LogP contribution in [-0.2, 0) is 33.0 Å². The lowest BCUT2D eigenvalue weighted by Gasteiger charge is -2.37. The van der Waals surface area contributed by atoms with Gasteiger partial charge >= 0.3 is 36.2 Å². The molecule has 0 aliphatic heterocycles. The van der Waals surface area contributed by atoms with Crippen LogP contribution < -0.4 is 27.4 Å². The highest BCUT2D eigenvalue weighted by Gasteiger charge is 2.38. The number of alkyl carbamates (subject to hydrolysis) is 3. The second-order valence-electron chi connectivity index (χ2n) is 23.4. The number of carbonyl (C=O) groups excluding carboxylic acids is 3. The Labute approximate surface area is 447 Å². The Morgan fingerprint density at radius 1 is 0.486 bits per heavy atom. The molecule has 10 atom stereocenters. The molecule has 16 N–H and O–H groups in total. The average molecular weight is 1130 g/mol. The van der Waals surface area contributed by atoms with Crippen LogP contribution in [0.1, 0.15) is 138 Å². The zero-order chi connectivity index (χ0) is 61.1. The number of carbonyl (C=O) groups is 6. The van der Waals surface area contributed by atoms with Crippen molar-refractivity contribution in [3.05, 3.63) is 0 Å². The molecular weight excluding hydrogens is 1030 g/mol. The van der Waals surface area contributed by atoms with Crippen molar-refractivity contribution in [2.45, 2.75) is 252 Å². The van der Waals surface area contributed by atoms with Crippen LogP contribution in [0, 0.1) is 0 Å². The molecular formula is C47H102ClN5O19Si2. The van der Waals surface area contributed by atoms with Crippen LogP contribution in [-0.4, -0.2) is 189 Å². The summed E-state index contributed by atoms with van der Waals surface area (Å²) in [6.07, 6.45) is -6.70. The van der Waals surface area contributed by atoms with Crippen molar-refractivity contribution >= 4 is 63.0 Å². The number of hydrogen-bond acceptors (Lipinski definition) is 18. The number of halogens is 1. The zero-order valence-electron chi connectivity index (χ0n) is 48.8. The van der Waals surface area contributed by atoms with Crippen LogP contribution in [0.15, 0.2) is 0 Å². The van der Waals surface area contributed by atoms with E-state index >= 15 is 0 Å². The number of hydrogen-bond donors (Lipinski definition) is 14. The molecule has 0 aromatic carbocycles. The molecule has 0 heterocycles. The highest BCUT2D eigenvalue weighted by atomic mass is 35.6. The lowest BCUT2D eigenvalue weighted by Crippen LogP contribution is -2.50. The zero-order valence-corrected chi connectivity index (χ0v) is 51.6. The first kappa shape index (κ1) is 81.9. The van der Waals surface area contributed by atoms with E-state index in [1.165, 1.54) is 27.7 Å². The maximum Gasteiger partial charge on any atom is 0.408 e. The highest BCUT2D eigenvalue weighted by molar-refractivity contribution is 7.20. The van der Waals surface area contributed by atoms with E-state index in [1.807, 2.05) is 0 Å². The third-order valence-electron chi connectivity index (χ3n) is 10.0. The summed E-state index contributed by atoms with van der Waals surface area (Å²) < 4.78 is 21.1. The van der Waals surface area contributed by atoms with E-state index in [2.05, 4.69) is 83.7 Å². The fourth-order valence-electron chi connectivity index (χ4n) is 3.29. The van der Waals surface area contributed by atoms with Gasteiger partial charge in [0.15, 0.2) is 21.7 Å². The number of amides is 3. The Kier molecular flexibility index (Phi) is 39.7. The molecule has 74 heavy (non-hydrogen) atoms. The molecule has 0 rings (SSSR count). The molecule has 0 aromatic heterocycles. The maximum atomic E-state index is 11.8. The minimum atomic E-state index is -1.91. The maximum absolute atomic E-state index is 11.8. The number of aliphatic hydroxyl groups is 6. The van der Waals surface area contributed by atoms with Crippen molar-refractivity contribution in [1.29, 1.82) is 0 Å². The normalized spacial score (nSPS) is 16.0. The van der Waals surface area contributed by atoms with E-state index in [1.54, 1.807) is 69.2 Å². The van der Waals surface area contributed by atoms with Gasteiger partial charge < -0.3 is 92.0 Å². The number of carboxylic acids is 3. The standard InChI is InChI=1S/C15H33NO4Si.C9H17NO5.C9H19NO4.C6H15ClSi.2C4H9NO3/c1-11(17)12(16-13(18)20-14(2,3)4)10-19-21(8,9)15(5,6)7;1-5(11)6(7(12)13)10-8(14)15-9(2,3)4;1-6(12)7(5-11)10-8(13)14-9(2,3)4;1-6(2,3)8(4,5)7;2*1-2(6)3(5)4(7)8/h11-12,17H,10H2,1-9H3,(H,16,18);5-6,11H,1-4H3,(H,10,14)(H,12,13);6-7,11-12H,5H2,1-4H3,(H,10,13);1-5H3;2*2-3,6H,5H2,1H3,(H,7,8)/t11-,12+;5-,6-;6-,7+;;2*2-,3-/m111.11/s1. The van der Waals surface area contributed by atoms with Gasteiger partial charge in [-0.15, -0.1) is 0 Å². The van der Waals surface area contributed by atoms with Gasteiger partial charge in [0.2, 0.25) is 0 Å². The van der Waals surface area contributed by atoms with Gasteiger partial charge in [-0.25, -0.2) is 19.2 Å². The van der Waals surface area contributed by atoms with Crippen molar-refractivity contribution in [3.8, 4) is 0 Å². The van der Waals surface area contributed by atoms with Crippen LogP contribution in [0.4, 0.5) is 14.4 Å². The quantitative estimate of drug-likeness (QED) is 0.0602. The van der Waals surface area contributed by atoms with E-state index in [-0.39, 0.29) is 18.3 Å². The summed E-state index contributed by atoms with van der Waals surface area (Å²) in [6.45, 7) is 44.3. The van der Waals surface area contributed by atoms with Crippen molar-refractivity contribution in [2.24, 2.45) is 11.5 Å². The predicted molar refractivity (Wildman–Crippen MR) is 290 cm³/mol. The molecule has 3 amide bonds. The van der Waals surface area contributed by atoms with E-state index < -0.39 is 129 Å². The minimum absolute atomic E-state index is 0.0855. The van der Waals surface area contributed by atoms with Gasteiger partial charge in [-0.1, -0.05) is 54.6 Å². The molecule has 0 aliphatic rings. The summed E-state index contributed by atoms with van der Waals surface area (Å²) in [5.41, 5.74) is 7.97. The summed E-state index contributed by atoms with van der Waals surface area (Å²) in [6, 6.07) is -4.84. The minimum Gasteiger partial charge on any atom is -0.480 e. The molecule has 0 saturated heterocycles. The van der Waals surface area contributed by atoms with E-state index in [4.69, 9.17) is 82.0 Å². The van der Waals surface area contributed by atoms with Gasteiger partial charge in [0.1, 0.15) is 28.9 Å². The Morgan fingerprint density at radius 2 is 0.757 bits per heavy atom. The van der Waals surface area contributed by atoms with Gasteiger partial charge in [-0.3, -0.25) is 9.59 Å².